The van der Waals surface area contributed by atoms with E-state index in [1.807, 2.05) is 30.0 Å². The molecule has 0 aliphatic carbocycles. The lowest BCUT2D eigenvalue weighted by Gasteiger charge is -2.21. The zero-order valence-electron chi connectivity index (χ0n) is 14.1. The summed E-state index contributed by atoms with van der Waals surface area (Å²) < 4.78 is 0. The highest BCUT2D eigenvalue weighted by Crippen LogP contribution is 2.21. The van der Waals surface area contributed by atoms with Crippen molar-refractivity contribution in [3.63, 3.8) is 0 Å². The van der Waals surface area contributed by atoms with Crippen molar-refractivity contribution in [3.05, 3.63) is 52.8 Å². The predicted octanol–water partition coefficient (Wildman–Crippen LogP) is 3.68. The van der Waals surface area contributed by atoms with Gasteiger partial charge in [0, 0.05) is 24.2 Å². The lowest BCUT2D eigenvalue weighted by atomic mass is 9.92. The average molecular weight is 299 g/mol. The van der Waals surface area contributed by atoms with Crippen molar-refractivity contribution in [1.29, 1.82) is 0 Å². The Morgan fingerprint density at radius 2 is 1.95 bits per heavy atom. The van der Waals surface area contributed by atoms with E-state index in [4.69, 9.17) is 0 Å². The Labute approximate surface area is 132 Å². The maximum absolute atomic E-state index is 12.7. The van der Waals surface area contributed by atoms with E-state index in [1.165, 1.54) is 11.1 Å². The Bertz CT molecular complexity index is 652. The maximum Gasteiger partial charge on any atom is 0.274 e. The quantitative estimate of drug-likeness (QED) is 0.936. The molecule has 0 saturated carbocycles. The zero-order chi connectivity index (χ0) is 16.3. The van der Waals surface area contributed by atoms with Crippen molar-refractivity contribution in [1.82, 2.24) is 15.1 Å². The van der Waals surface area contributed by atoms with Gasteiger partial charge in [0.15, 0.2) is 0 Å². The van der Waals surface area contributed by atoms with Crippen LogP contribution in [0.25, 0.3) is 0 Å². The van der Waals surface area contributed by atoms with Gasteiger partial charge < -0.3 is 4.90 Å². The first kappa shape index (κ1) is 16.3. The smallest absolute Gasteiger partial charge is 0.274 e. The second-order valence-electron chi connectivity index (χ2n) is 6.66. The fraction of sp³-hybridized carbons (Fsp3) is 0.444. The summed E-state index contributed by atoms with van der Waals surface area (Å²) >= 11 is 0. The lowest BCUT2D eigenvalue weighted by molar-refractivity contribution is 0.0746. The molecule has 1 N–H and O–H groups in total. The van der Waals surface area contributed by atoms with Crippen LogP contribution in [0.3, 0.4) is 0 Å². The number of aryl methyl sites for hydroxylation is 1. The van der Waals surface area contributed by atoms with Crippen molar-refractivity contribution >= 4 is 5.91 Å². The van der Waals surface area contributed by atoms with E-state index in [-0.39, 0.29) is 11.3 Å². The molecule has 1 heterocycles. The molecule has 0 unspecified atom stereocenters. The second-order valence-corrected chi connectivity index (χ2v) is 6.66. The van der Waals surface area contributed by atoms with E-state index >= 15 is 0 Å². The largest absolute Gasteiger partial charge is 0.333 e. The van der Waals surface area contributed by atoms with Gasteiger partial charge in [0.2, 0.25) is 0 Å². The lowest BCUT2D eigenvalue weighted by Crippen LogP contribution is -2.30. The van der Waals surface area contributed by atoms with Crippen molar-refractivity contribution in [3.8, 4) is 0 Å². The number of benzene rings is 1. The normalized spacial score (nSPS) is 11.5. The highest BCUT2D eigenvalue weighted by atomic mass is 16.2. The third-order valence-electron chi connectivity index (χ3n) is 3.90. The molecule has 0 atom stereocenters. The van der Waals surface area contributed by atoms with Gasteiger partial charge in [-0.25, -0.2) is 0 Å². The Kier molecular flexibility index (Phi) is 4.69. The topological polar surface area (TPSA) is 49.0 Å². The fourth-order valence-corrected chi connectivity index (χ4v) is 2.30. The number of nitrogens with one attached hydrogen (secondary N) is 1. The molecular formula is C18H25N3O. The van der Waals surface area contributed by atoms with Crippen LogP contribution in [0.1, 0.15) is 55.0 Å². The van der Waals surface area contributed by atoms with E-state index in [0.29, 0.717) is 18.8 Å². The summed E-state index contributed by atoms with van der Waals surface area (Å²) in [5.74, 6) is -0.0301. The Hall–Kier alpha value is -2.10. The molecule has 118 valence electrons. The fourth-order valence-electron chi connectivity index (χ4n) is 2.30. The minimum Gasteiger partial charge on any atom is -0.333 e. The molecule has 0 radical (unpaired) electrons. The maximum atomic E-state index is 12.7. The first-order chi connectivity index (χ1) is 10.3. The number of aromatic nitrogens is 2. The van der Waals surface area contributed by atoms with Crippen molar-refractivity contribution in [2.45, 2.75) is 46.6 Å². The summed E-state index contributed by atoms with van der Waals surface area (Å²) in [6.45, 7) is 11.6. The third kappa shape index (κ3) is 3.56. The van der Waals surface area contributed by atoms with Crippen LogP contribution >= 0.6 is 0 Å². The summed E-state index contributed by atoms with van der Waals surface area (Å²) in [6, 6.07) is 10.0. The highest BCUT2D eigenvalue weighted by molar-refractivity contribution is 5.92. The van der Waals surface area contributed by atoms with E-state index in [9.17, 15) is 4.79 Å². The van der Waals surface area contributed by atoms with Gasteiger partial charge in [0.1, 0.15) is 5.69 Å². The van der Waals surface area contributed by atoms with E-state index in [1.54, 1.807) is 0 Å². The Balaban J connectivity index is 2.19. The molecular weight excluding hydrogens is 274 g/mol. The number of hydrogen-bond donors (Lipinski definition) is 1. The van der Waals surface area contributed by atoms with Crippen LogP contribution < -0.4 is 0 Å². The van der Waals surface area contributed by atoms with Crippen LogP contribution in [-0.4, -0.2) is 27.5 Å². The summed E-state index contributed by atoms with van der Waals surface area (Å²) in [7, 11) is 0. The molecule has 0 fully saturated rings. The minimum absolute atomic E-state index is 0.0301. The van der Waals surface area contributed by atoms with Crippen LogP contribution in [0.4, 0.5) is 0 Å². The Morgan fingerprint density at radius 1 is 1.27 bits per heavy atom. The van der Waals surface area contributed by atoms with Gasteiger partial charge in [-0.15, -0.1) is 0 Å². The summed E-state index contributed by atoms with van der Waals surface area (Å²) in [5.41, 5.74) is 3.79. The monoisotopic (exact) mass is 299 g/mol. The first-order valence-electron chi connectivity index (χ1n) is 7.72. The molecule has 0 aliphatic heterocycles. The second kappa shape index (κ2) is 6.34. The summed E-state index contributed by atoms with van der Waals surface area (Å²) in [6.07, 6.45) is 0. The van der Waals surface area contributed by atoms with E-state index < -0.39 is 0 Å². The average Bonchev–Trinajstić information content (AvgIpc) is 2.95. The number of aromatic amines is 1. The number of hydrogen-bond acceptors (Lipinski definition) is 2. The van der Waals surface area contributed by atoms with Crippen LogP contribution in [0.2, 0.25) is 0 Å². The van der Waals surface area contributed by atoms with Crippen molar-refractivity contribution in [2.24, 2.45) is 0 Å². The first-order valence-corrected chi connectivity index (χ1v) is 7.72. The number of rotatable bonds is 4. The summed E-state index contributed by atoms with van der Waals surface area (Å²) in [5, 5.41) is 7.18. The molecule has 2 aromatic rings. The molecule has 22 heavy (non-hydrogen) atoms. The number of nitrogens with zero attached hydrogens (tertiary/aromatic N) is 2. The van der Waals surface area contributed by atoms with Crippen LogP contribution in [-0.2, 0) is 12.0 Å². The van der Waals surface area contributed by atoms with E-state index in [2.05, 4.69) is 50.0 Å². The molecule has 1 aromatic carbocycles. The molecule has 0 spiro atoms. The molecule has 0 saturated heterocycles. The molecule has 2 rings (SSSR count). The summed E-state index contributed by atoms with van der Waals surface area (Å²) in [4.78, 5) is 14.5. The van der Waals surface area contributed by atoms with Crippen molar-refractivity contribution < 1.29 is 4.79 Å². The van der Waals surface area contributed by atoms with Crippen LogP contribution in [0, 0.1) is 6.92 Å². The third-order valence-corrected chi connectivity index (χ3v) is 3.90. The SMILES string of the molecule is CCN(Cc1ccccc1C)C(=O)c1cc(C(C)(C)C)[nH]n1. The number of carbonyl (C=O) groups excluding carboxylic acids is 1. The Morgan fingerprint density at radius 3 is 2.50 bits per heavy atom. The van der Waals surface area contributed by atoms with Crippen LogP contribution in [0.5, 0.6) is 0 Å². The molecule has 0 bridgehead atoms. The van der Waals surface area contributed by atoms with Gasteiger partial charge in [0.05, 0.1) is 0 Å². The van der Waals surface area contributed by atoms with Gasteiger partial charge >= 0.3 is 0 Å². The van der Waals surface area contributed by atoms with Crippen molar-refractivity contribution in [2.75, 3.05) is 6.54 Å². The van der Waals surface area contributed by atoms with Gasteiger partial charge in [-0.2, -0.15) is 5.10 Å². The zero-order valence-corrected chi connectivity index (χ0v) is 14.1. The number of carbonyl (C=O) groups is 1. The molecule has 4 heteroatoms. The minimum atomic E-state index is -0.0431. The van der Waals surface area contributed by atoms with Gasteiger partial charge in [-0.3, -0.25) is 9.89 Å². The predicted molar refractivity (Wildman–Crippen MR) is 88.9 cm³/mol. The number of amides is 1. The van der Waals surface area contributed by atoms with Gasteiger partial charge in [-0.1, -0.05) is 45.0 Å². The molecule has 1 aromatic heterocycles. The van der Waals surface area contributed by atoms with E-state index in [0.717, 1.165) is 5.69 Å². The van der Waals surface area contributed by atoms with Gasteiger partial charge in [-0.05, 0) is 31.0 Å². The van der Waals surface area contributed by atoms with Gasteiger partial charge in [0.25, 0.3) is 5.91 Å². The molecule has 1 amide bonds. The highest BCUT2D eigenvalue weighted by Gasteiger charge is 2.22. The molecule has 4 nitrogen and oxygen atoms in total. The number of H-pyrrole nitrogens is 1. The molecule has 0 aliphatic rings. The van der Waals surface area contributed by atoms with Crippen LogP contribution in [0.15, 0.2) is 30.3 Å². The standard InChI is InChI=1S/C18H25N3O/c1-6-21(12-14-10-8-7-9-13(14)2)17(22)15-11-16(20-19-15)18(3,4)5/h7-11H,6,12H2,1-5H3,(H,19,20).